The van der Waals surface area contributed by atoms with Crippen LogP contribution in [0.15, 0.2) is 89.8 Å². The van der Waals surface area contributed by atoms with Crippen molar-refractivity contribution in [3.05, 3.63) is 102 Å². The molecule has 0 amide bonds. The predicted octanol–water partition coefficient (Wildman–Crippen LogP) is 4.45. The molecule has 6 heteroatoms. The van der Waals surface area contributed by atoms with Gasteiger partial charge in [-0.2, -0.15) is 8.42 Å². The lowest BCUT2D eigenvalue weighted by Gasteiger charge is -2.17. The van der Waals surface area contributed by atoms with Crippen LogP contribution in [-0.2, 0) is 36.9 Å². The normalized spacial score (nSPS) is 12.3. The second kappa shape index (κ2) is 10.2. The van der Waals surface area contributed by atoms with Crippen LogP contribution in [0.5, 0.6) is 0 Å². The van der Waals surface area contributed by atoms with E-state index in [1.54, 1.807) is 12.1 Å². The van der Waals surface area contributed by atoms with Crippen molar-refractivity contribution < 1.29 is 22.1 Å². The van der Waals surface area contributed by atoms with Crippen molar-refractivity contribution in [1.82, 2.24) is 0 Å². The van der Waals surface area contributed by atoms with E-state index in [2.05, 4.69) is 0 Å². The summed E-state index contributed by atoms with van der Waals surface area (Å²) in [6, 6.07) is 25.0. The van der Waals surface area contributed by atoms with E-state index in [1.807, 2.05) is 67.6 Å². The first-order valence-electron chi connectivity index (χ1n) is 9.68. The van der Waals surface area contributed by atoms with Crippen LogP contribution in [-0.4, -0.2) is 20.5 Å². The Bertz CT molecular complexity index is 1050. The zero-order valence-electron chi connectivity index (χ0n) is 16.7. The third-order valence-electron chi connectivity index (χ3n) is 4.58. The molecule has 0 unspecified atom stereocenters. The van der Waals surface area contributed by atoms with E-state index in [9.17, 15) is 13.2 Å². The maximum absolute atomic E-state index is 12.7. The van der Waals surface area contributed by atoms with E-state index in [-0.39, 0.29) is 17.9 Å². The molecular weight excluding hydrogens is 400 g/mol. The number of hydrogen-bond acceptors (Lipinski definition) is 5. The molecule has 1 atom stereocenters. The Morgan fingerprint density at radius 3 is 2.00 bits per heavy atom. The van der Waals surface area contributed by atoms with Gasteiger partial charge in [-0.15, -0.1) is 0 Å². The fourth-order valence-electron chi connectivity index (χ4n) is 2.88. The van der Waals surface area contributed by atoms with E-state index < -0.39 is 22.2 Å². The van der Waals surface area contributed by atoms with Crippen molar-refractivity contribution in [2.24, 2.45) is 0 Å². The van der Waals surface area contributed by atoms with Gasteiger partial charge in [0.1, 0.15) is 6.61 Å². The zero-order chi connectivity index (χ0) is 21.4. The predicted molar refractivity (Wildman–Crippen MR) is 114 cm³/mol. The zero-order valence-corrected chi connectivity index (χ0v) is 17.5. The molecule has 0 saturated carbocycles. The topological polar surface area (TPSA) is 69.7 Å². The van der Waals surface area contributed by atoms with Gasteiger partial charge in [-0.05, 0) is 43.0 Å². The lowest BCUT2D eigenvalue weighted by Crippen LogP contribution is -2.30. The third-order valence-corrected chi connectivity index (χ3v) is 5.91. The fourth-order valence-corrected chi connectivity index (χ4v) is 3.94. The van der Waals surface area contributed by atoms with E-state index in [0.717, 1.165) is 16.7 Å². The first-order chi connectivity index (χ1) is 14.4. The van der Waals surface area contributed by atoms with Crippen LogP contribution in [0, 0.1) is 6.92 Å². The molecular formula is C24H24O5S. The molecule has 0 N–H and O–H groups in total. The summed E-state index contributed by atoms with van der Waals surface area (Å²) in [4.78, 5) is 12.7. The Hall–Kier alpha value is -2.96. The smallest absolute Gasteiger partial charge is 0.337 e. The van der Waals surface area contributed by atoms with Gasteiger partial charge in [-0.25, -0.2) is 4.79 Å². The van der Waals surface area contributed by atoms with Crippen molar-refractivity contribution in [2.45, 2.75) is 37.4 Å². The van der Waals surface area contributed by atoms with Gasteiger partial charge >= 0.3 is 5.97 Å². The lowest BCUT2D eigenvalue weighted by atomic mass is 10.1. The van der Waals surface area contributed by atoms with Crippen LogP contribution >= 0.6 is 0 Å². The molecule has 3 aromatic carbocycles. The highest BCUT2D eigenvalue weighted by Gasteiger charge is 2.28. The molecule has 5 nitrogen and oxygen atoms in total. The Labute approximate surface area is 177 Å². The summed E-state index contributed by atoms with van der Waals surface area (Å²) in [5.74, 6) is -0.703. The molecule has 0 fully saturated rings. The number of ether oxygens (including phenoxy) is 1. The number of esters is 1. The van der Waals surface area contributed by atoms with Crippen molar-refractivity contribution in [2.75, 3.05) is 0 Å². The first-order valence-corrected chi connectivity index (χ1v) is 11.1. The highest BCUT2D eigenvalue weighted by Crippen LogP contribution is 2.19. The van der Waals surface area contributed by atoms with Crippen LogP contribution in [0.2, 0.25) is 0 Å². The van der Waals surface area contributed by atoms with Crippen LogP contribution in [0.25, 0.3) is 0 Å². The van der Waals surface area contributed by atoms with E-state index in [4.69, 9.17) is 8.92 Å². The summed E-state index contributed by atoms with van der Waals surface area (Å²) in [5, 5.41) is 0. The maximum atomic E-state index is 12.7. The average Bonchev–Trinajstić information content (AvgIpc) is 2.76. The van der Waals surface area contributed by atoms with Gasteiger partial charge in [-0.3, -0.25) is 4.18 Å². The van der Waals surface area contributed by atoms with Crippen LogP contribution in [0.1, 0.15) is 23.1 Å². The maximum Gasteiger partial charge on any atom is 0.337 e. The number of carbonyl (C=O) groups is 1. The largest absolute Gasteiger partial charge is 0.459 e. The minimum Gasteiger partial charge on any atom is -0.459 e. The summed E-state index contributed by atoms with van der Waals surface area (Å²) in [6.07, 6.45) is -0.571. The van der Waals surface area contributed by atoms with Gasteiger partial charge < -0.3 is 4.74 Å². The average molecular weight is 425 g/mol. The standard InChI is InChI=1S/C24H24O5S/c1-19-12-15-22(16-13-19)30(26,27)29-23(17-14-20-8-4-2-5-9-20)24(25)28-18-21-10-6-3-7-11-21/h2-13,15-16,23H,14,17-18H2,1H3/t23-/m1/s1. The second-order valence-electron chi connectivity index (χ2n) is 6.97. The number of carbonyl (C=O) groups excluding carboxylic acids is 1. The van der Waals surface area contributed by atoms with E-state index in [0.29, 0.717) is 6.42 Å². The molecule has 30 heavy (non-hydrogen) atoms. The molecule has 0 heterocycles. The Morgan fingerprint density at radius 1 is 0.833 bits per heavy atom. The quantitative estimate of drug-likeness (QED) is 0.375. The number of benzene rings is 3. The number of hydrogen-bond donors (Lipinski definition) is 0. The van der Waals surface area contributed by atoms with Crippen LogP contribution in [0.4, 0.5) is 0 Å². The number of aryl methyl sites for hydroxylation is 2. The second-order valence-corrected chi connectivity index (χ2v) is 8.54. The Morgan fingerprint density at radius 2 is 1.40 bits per heavy atom. The Kier molecular flexibility index (Phi) is 7.38. The van der Waals surface area contributed by atoms with Gasteiger partial charge in [0.15, 0.2) is 6.10 Å². The molecule has 0 aliphatic heterocycles. The summed E-state index contributed by atoms with van der Waals surface area (Å²) in [7, 11) is -4.11. The van der Waals surface area contributed by atoms with Crippen LogP contribution < -0.4 is 0 Å². The van der Waals surface area contributed by atoms with Gasteiger partial charge in [0.25, 0.3) is 10.1 Å². The van der Waals surface area contributed by atoms with Crippen molar-refractivity contribution in [3.8, 4) is 0 Å². The van der Waals surface area contributed by atoms with Crippen molar-refractivity contribution >= 4 is 16.1 Å². The van der Waals surface area contributed by atoms with E-state index in [1.165, 1.54) is 12.1 Å². The number of rotatable bonds is 9. The summed E-state index contributed by atoms with van der Waals surface area (Å²) in [6.45, 7) is 1.91. The molecule has 3 rings (SSSR count). The van der Waals surface area contributed by atoms with Crippen molar-refractivity contribution in [3.63, 3.8) is 0 Å². The molecule has 0 bridgehead atoms. The molecule has 0 spiro atoms. The lowest BCUT2D eigenvalue weighted by molar-refractivity contribution is -0.153. The molecule has 3 aromatic rings. The monoisotopic (exact) mass is 424 g/mol. The molecule has 0 aromatic heterocycles. The molecule has 0 aliphatic rings. The third kappa shape index (κ3) is 6.27. The van der Waals surface area contributed by atoms with Gasteiger partial charge in [-0.1, -0.05) is 78.4 Å². The first kappa shape index (κ1) is 21.7. The van der Waals surface area contributed by atoms with Crippen molar-refractivity contribution in [1.29, 1.82) is 0 Å². The SMILES string of the molecule is Cc1ccc(S(=O)(=O)O[C@H](CCc2ccccc2)C(=O)OCc2ccccc2)cc1. The molecule has 0 radical (unpaired) electrons. The van der Waals surface area contributed by atoms with Gasteiger partial charge in [0.05, 0.1) is 4.90 Å². The summed E-state index contributed by atoms with van der Waals surface area (Å²) >= 11 is 0. The summed E-state index contributed by atoms with van der Waals surface area (Å²) < 4.78 is 36.1. The minimum absolute atomic E-state index is 0.00803. The highest BCUT2D eigenvalue weighted by molar-refractivity contribution is 7.86. The fraction of sp³-hybridized carbons (Fsp3) is 0.208. The molecule has 0 aliphatic carbocycles. The molecule has 156 valence electrons. The van der Waals surface area contributed by atoms with Crippen LogP contribution in [0.3, 0.4) is 0 Å². The summed E-state index contributed by atoms with van der Waals surface area (Å²) in [5.41, 5.74) is 2.72. The minimum atomic E-state index is -4.11. The molecule has 0 saturated heterocycles. The highest BCUT2D eigenvalue weighted by atomic mass is 32.2. The Balaban J connectivity index is 1.73. The van der Waals surface area contributed by atoms with Gasteiger partial charge in [0, 0.05) is 0 Å². The van der Waals surface area contributed by atoms with E-state index >= 15 is 0 Å². The van der Waals surface area contributed by atoms with Gasteiger partial charge in [0.2, 0.25) is 0 Å².